The van der Waals surface area contributed by atoms with Crippen LogP contribution in [0.15, 0.2) is 53.4 Å². The number of nitrogens with zero attached hydrogens (tertiary/aromatic N) is 1. The van der Waals surface area contributed by atoms with E-state index < -0.39 is 40.9 Å². The molecule has 0 aliphatic rings. The number of hydrogen-bond acceptors (Lipinski definition) is 11. The van der Waals surface area contributed by atoms with Crippen molar-refractivity contribution in [2.24, 2.45) is 0 Å². The maximum absolute atomic E-state index is 13.1. The van der Waals surface area contributed by atoms with E-state index in [1.54, 1.807) is 6.07 Å². The highest BCUT2D eigenvalue weighted by atomic mass is 32.2. The van der Waals surface area contributed by atoms with Crippen LogP contribution in [0.25, 0.3) is 0 Å². The van der Waals surface area contributed by atoms with Crippen LogP contribution in [-0.2, 0) is 23.9 Å². The van der Waals surface area contributed by atoms with Crippen LogP contribution in [0.3, 0.4) is 0 Å². The van der Waals surface area contributed by atoms with Crippen molar-refractivity contribution in [3.05, 3.63) is 64.2 Å². The van der Waals surface area contributed by atoms with Crippen molar-refractivity contribution in [3.8, 4) is 5.75 Å². The summed E-state index contributed by atoms with van der Waals surface area (Å²) in [5.41, 5.74) is -0.0467. The minimum Gasteiger partial charge on any atom is -0.508 e. The van der Waals surface area contributed by atoms with Crippen molar-refractivity contribution >= 4 is 41.6 Å². The van der Waals surface area contributed by atoms with Gasteiger partial charge in [0.15, 0.2) is 6.04 Å². The molecule has 2 amide bonds. The molecule has 0 spiro atoms. The molecule has 0 aliphatic carbocycles. The van der Waals surface area contributed by atoms with Gasteiger partial charge in [-0.3, -0.25) is 19.7 Å². The maximum atomic E-state index is 13.1. The highest BCUT2D eigenvalue weighted by Gasteiger charge is 2.31. The predicted molar refractivity (Wildman–Crippen MR) is 127 cm³/mol. The number of aromatic hydroxyl groups is 1. The lowest BCUT2D eigenvalue weighted by Crippen LogP contribution is -2.47. The van der Waals surface area contributed by atoms with Crippen LogP contribution in [0.1, 0.15) is 24.9 Å². The Labute approximate surface area is 209 Å². The van der Waals surface area contributed by atoms with Crippen LogP contribution < -0.4 is 15.4 Å². The Morgan fingerprint density at radius 2 is 1.78 bits per heavy atom. The van der Waals surface area contributed by atoms with E-state index >= 15 is 0 Å². The fourth-order valence-electron chi connectivity index (χ4n) is 2.78. The second-order valence-corrected chi connectivity index (χ2v) is 7.89. The molecular weight excluding hydrogens is 496 g/mol. The van der Waals surface area contributed by atoms with Gasteiger partial charge in [-0.25, -0.2) is 14.3 Å². The summed E-state index contributed by atoms with van der Waals surface area (Å²) in [5, 5.41) is 25.6. The molecule has 0 saturated heterocycles. The number of carbonyl (C=O) groups is 4. The van der Waals surface area contributed by atoms with Crippen molar-refractivity contribution < 1.29 is 38.7 Å². The third-order valence-electron chi connectivity index (χ3n) is 4.55. The Hall–Kier alpha value is -4.17. The molecule has 2 rings (SSSR count). The number of benzene rings is 2. The van der Waals surface area contributed by atoms with Gasteiger partial charge in [-0.2, -0.15) is 0 Å². The van der Waals surface area contributed by atoms with E-state index in [0.717, 1.165) is 11.9 Å². The lowest BCUT2D eigenvalue weighted by molar-refractivity contribution is -0.387. The highest BCUT2D eigenvalue weighted by Crippen LogP contribution is 2.27. The van der Waals surface area contributed by atoms with Gasteiger partial charge in [0.1, 0.15) is 16.7 Å². The second kappa shape index (κ2) is 13.7. The number of nitro groups is 1. The zero-order chi connectivity index (χ0) is 26.7. The Morgan fingerprint density at radius 3 is 2.39 bits per heavy atom. The Kier molecular flexibility index (Phi) is 10.6. The van der Waals surface area contributed by atoms with Gasteiger partial charge in [0, 0.05) is 13.1 Å². The van der Waals surface area contributed by atoms with E-state index in [4.69, 9.17) is 0 Å². The molecule has 192 valence electrons. The lowest BCUT2D eigenvalue weighted by atomic mass is 10.1. The number of ether oxygens (including phenoxy) is 2. The molecular formula is C22H24N4O9S. The molecule has 13 nitrogen and oxygen atoms in total. The van der Waals surface area contributed by atoms with E-state index in [9.17, 15) is 34.4 Å². The first-order valence-electron chi connectivity index (χ1n) is 10.5. The van der Waals surface area contributed by atoms with E-state index in [1.807, 2.05) is 0 Å². The van der Waals surface area contributed by atoms with Crippen LogP contribution in [-0.4, -0.2) is 53.7 Å². The maximum Gasteiger partial charge on any atom is 0.516 e. The van der Waals surface area contributed by atoms with Crippen LogP contribution >= 0.6 is 11.9 Å². The van der Waals surface area contributed by atoms with Gasteiger partial charge in [0.2, 0.25) is 11.8 Å². The van der Waals surface area contributed by atoms with E-state index in [1.165, 1.54) is 56.4 Å². The number of amides is 2. The molecule has 0 aromatic heterocycles. The van der Waals surface area contributed by atoms with Crippen molar-refractivity contribution in [3.63, 3.8) is 0 Å². The highest BCUT2D eigenvalue weighted by molar-refractivity contribution is 7.97. The van der Waals surface area contributed by atoms with Gasteiger partial charge in [-0.15, -0.1) is 0 Å². The molecule has 2 unspecified atom stereocenters. The summed E-state index contributed by atoms with van der Waals surface area (Å²) in [6.45, 7) is 1.46. The molecule has 2 atom stereocenters. The number of para-hydroxylation sites is 1. The van der Waals surface area contributed by atoms with Gasteiger partial charge in [-0.1, -0.05) is 24.3 Å². The Balaban J connectivity index is 2.28. The zero-order valence-corrected chi connectivity index (χ0v) is 20.1. The number of phenolic OH excluding ortho intramolecular Hbond substituents is 1. The summed E-state index contributed by atoms with van der Waals surface area (Å²) in [5.74, 6) is -2.65. The zero-order valence-electron chi connectivity index (χ0n) is 19.3. The number of carbonyl (C=O) groups excluding carboxylic acids is 4. The van der Waals surface area contributed by atoms with E-state index in [-0.39, 0.29) is 34.9 Å². The minimum atomic E-state index is -1.51. The van der Waals surface area contributed by atoms with Crippen molar-refractivity contribution in [2.45, 2.75) is 30.3 Å². The molecule has 0 heterocycles. The third-order valence-corrected chi connectivity index (χ3v) is 5.52. The molecule has 2 aromatic carbocycles. The number of nitro benzene ring substituents is 1. The topological polar surface area (TPSA) is 186 Å². The monoisotopic (exact) mass is 520 g/mol. The molecule has 0 radical (unpaired) electrons. The first-order chi connectivity index (χ1) is 17.2. The van der Waals surface area contributed by atoms with Crippen LogP contribution in [0.2, 0.25) is 0 Å². The average molecular weight is 521 g/mol. The van der Waals surface area contributed by atoms with Crippen molar-refractivity contribution in [1.29, 1.82) is 0 Å². The SMILES string of the molecule is CCOC(=O)OC(=O)C(NC(=O)C(CC(=O)NC)NSc1ccccc1[N+](=O)[O-])c1ccc(O)cc1. The van der Waals surface area contributed by atoms with E-state index in [0.29, 0.717) is 0 Å². The molecule has 0 aliphatic heterocycles. The summed E-state index contributed by atoms with van der Waals surface area (Å²) in [7, 11) is 1.36. The van der Waals surface area contributed by atoms with Crippen molar-refractivity contribution in [1.82, 2.24) is 15.4 Å². The number of rotatable bonds is 11. The molecule has 14 heteroatoms. The number of phenols is 1. The van der Waals surface area contributed by atoms with Crippen LogP contribution in [0, 0.1) is 10.1 Å². The first-order valence-corrected chi connectivity index (χ1v) is 11.3. The first kappa shape index (κ1) is 28.1. The van der Waals surface area contributed by atoms with E-state index in [2.05, 4.69) is 24.8 Å². The van der Waals surface area contributed by atoms with Crippen LogP contribution in [0.4, 0.5) is 10.5 Å². The third kappa shape index (κ3) is 8.25. The summed E-state index contributed by atoms with van der Waals surface area (Å²) in [6, 6.07) is 8.20. The fourth-order valence-corrected chi connectivity index (χ4v) is 3.63. The molecule has 0 saturated carbocycles. The normalized spacial score (nSPS) is 12.1. The molecule has 4 N–H and O–H groups in total. The minimum absolute atomic E-state index is 0.0523. The fraction of sp³-hybridized carbons (Fsp3) is 0.273. The van der Waals surface area contributed by atoms with Gasteiger partial charge in [0.05, 0.1) is 18.0 Å². The lowest BCUT2D eigenvalue weighted by Gasteiger charge is -2.22. The van der Waals surface area contributed by atoms with Gasteiger partial charge in [0.25, 0.3) is 5.69 Å². The Bertz CT molecular complexity index is 1110. The van der Waals surface area contributed by atoms with Gasteiger partial charge < -0.3 is 25.2 Å². The summed E-state index contributed by atoms with van der Waals surface area (Å²) in [6.07, 6.45) is -1.65. The molecule has 0 fully saturated rings. The summed E-state index contributed by atoms with van der Waals surface area (Å²) >= 11 is 0.759. The number of esters is 1. The van der Waals surface area contributed by atoms with Gasteiger partial charge >= 0.3 is 12.1 Å². The number of nitrogens with one attached hydrogen (secondary N) is 3. The number of hydrogen-bond donors (Lipinski definition) is 4. The molecule has 36 heavy (non-hydrogen) atoms. The summed E-state index contributed by atoms with van der Waals surface area (Å²) < 4.78 is 11.9. The average Bonchev–Trinajstić information content (AvgIpc) is 2.85. The van der Waals surface area contributed by atoms with Crippen molar-refractivity contribution in [2.75, 3.05) is 13.7 Å². The second-order valence-electron chi connectivity index (χ2n) is 7.01. The molecule has 0 bridgehead atoms. The molecule has 2 aromatic rings. The van der Waals surface area contributed by atoms with Crippen LogP contribution in [0.5, 0.6) is 5.75 Å². The smallest absolute Gasteiger partial charge is 0.508 e. The predicted octanol–water partition coefficient (Wildman–Crippen LogP) is 1.96. The Morgan fingerprint density at radius 1 is 1.11 bits per heavy atom. The quantitative estimate of drug-likeness (QED) is 0.112. The largest absolute Gasteiger partial charge is 0.516 e. The summed E-state index contributed by atoms with van der Waals surface area (Å²) in [4.78, 5) is 60.3. The standard InChI is InChI=1S/C22H24N4O9S/c1-3-34-22(31)35-21(30)19(13-8-10-14(27)11-9-13)24-20(29)15(12-18(28)23-2)25-36-17-7-5-4-6-16(17)26(32)33/h4-11,15,19,25,27H,3,12H2,1-2H3,(H,23,28)(H,24,29). The van der Waals surface area contributed by atoms with Gasteiger partial charge in [-0.05, 0) is 42.6 Å².